The Morgan fingerprint density at radius 3 is 2.68 bits per heavy atom. The number of ether oxygens (including phenoxy) is 2. The lowest BCUT2D eigenvalue weighted by atomic mass is 9.92. The zero-order valence-electron chi connectivity index (χ0n) is 20.3. The van der Waals surface area contributed by atoms with Crippen LogP contribution in [0.3, 0.4) is 0 Å². The molecule has 0 spiro atoms. The second-order valence-electron chi connectivity index (χ2n) is 9.05. The van der Waals surface area contributed by atoms with Crippen molar-refractivity contribution in [3.63, 3.8) is 0 Å². The molecule has 2 heterocycles. The number of rotatable bonds is 8. The van der Waals surface area contributed by atoms with Gasteiger partial charge in [0.15, 0.2) is 11.5 Å². The maximum absolute atomic E-state index is 12.3. The van der Waals surface area contributed by atoms with E-state index < -0.39 is 5.97 Å². The molecule has 0 saturated heterocycles. The van der Waals surface area contributed by atoms with Crippen LogP contribution in [0, 0.1) is 5.92 Å². The number of carboxylic acid groups (broad SMARTS) is 1. The van der Waals surface area contributed by atoms with E-state index in [-0.39, 0.29) is 0 Å². The predicted molar refractivity (Wildman–Crippen MR) is 135 cm³/mol. The molecule has 1 N–H and O–H groups in total. The third-order valence-electron chi connectivity index (χ3n) is 6.22. The Hall–Kier alpha value is -3.38. The Kier molecular flexibility index (Phi) is 7.17. The maximum Gasteiger partial charge on any atom is 0.336 e. The van der Waals surface area contributed by atoms with Gasteiger partial charge in [-0.25, -0.2) is 9.78 Å². The van der Waals surface area contributed by atoms with Gasteiger partial charge in [0.1, 0.15) is 0 Å². The molecule has 34 heavy (non-hydrogen) atoms. The third kappa shape index (κ3) is 4.92. The number of hydrogen-bond donors (Lipinski definition) is 1. The van der Waals surface area contributed by atoms with Crippen molar-refractivity contribution in [1.82, 2.24) is 9.88 Å². The minimum absolute atomic E-state index is 0.344. The normalized spacial score (nSPS) is 15.0. The van der Waals surface area contributed by atoms with E-state index in [1.807, 2.05) is 42.5 Å². The molecular weight excluding hydrogens is 428 g/mol. The summed E-state index contributed by atoms with van der Waals surface area (Å²) in [4.78, 5) is 19.4. The molecule has 1 aliphatic heterocycles. The Morgan fingerprint density at radius 2 is 1.97 bits per heavy atom. The van der Waals surface area contributed by atoms with Crippen molar-refractivity contribution in [2.24, 2.45) is 5.92 Å². The SMILES string of the molecule is CCN1C/C(=C/c2ccc(OCCC(C)C)c(OC)c2)c2nc3ccccc3c(C(=O)O)c2C1. The average molecular weight is 461 g/mol. The number of para-hydroxylation sites is 1. The number of pyridine rings is 1. The first-order valence-corrected chi connectivity index (χ1v) is 11.8. The number of aromatic nitrogens is 1. The fourth-order valence-electron chi connectivity index (χ4n) is 4.35. The molecule has 0 bridgehead atoms. The molecular formula is C28H32N2O4. The van der Waals surface area contributed by atoms with Crippen molar-refractivity contribution in [3.05, 3.63) is 64.8 Å². The highest BCUT2D eigenvalue weighted by Crippen LogP contribution is 2.35. The van der Waals surface area contributed by atoms with Crippen molar-refractivity contribution in [2.75, 3.05) is 26.8 Å². The summed E-state index contributed by atoms with van der Waals surface area (Å²) >= 11 is 0. The smallest absolute Gasteiger partial charge is 0.336 e. The van der Waals surface area contributed by atoms with Crippen LogP contribution in [0.15, 0.2) is 42.5 Å². The first-order chi connectivity index (χ1) is 16.4. The Labute approximate surface area is 200 Å². The third-order valence-corrected chi connectivity index (χ3v) is 6.22. The molecule has 0 unspecified atom stereocenters. The Morgan fingerprint density at radius 1 is 1.18 bits per heavy atom. The minimum Gasteiger partial charge on any atom is -0.493 e. The summed E-state index contributed by atoms with van der Waals surface area (Å²) in [5.74, 6) is 1.06. The maximum atomic E-state index is 12.3. The largest absolute Gasteiger partial charge is 0.493 e. The summed E-state index contributed by atoms with van der Waals surface area (Å²) in [5.41, 5.74) is 4.52. The van der Waals surface area contributed by atoms with Crippen molar-refractivity contribution in [3.8, 4) is 11.5 Å². The number of likely N-dealkylation sites (N-methyl/N-ethyl adjacent to an activating group) is 1. The molecule has 0 atom stereocenters. The monoisotopic (exact) mass is 460 g/mol. The molecule has 0 radical (unpaired) electrons. The van der Waals surface area contributed by atoms with E-state index in [1.54, 1.807) is 7.11 Å². The van der Waals surface area contributed by atoms with E-state index in [0.29, 0.717) is 47.8 Å². The van der Waals surface area contributed by atoms with Crippen LogP contribution in [0.25, 0.3) is 22.6 Å². The lowest BCUT2D eigenvalue weighted by molar-refractivity contribution is 0.0696. The number of nitrogens with zero attached hydrogens (tertiary/aromatic N) is 2. The van der Waals surface area contributed by atoms with Crippen LogP contribution in [-0.4, -0.2) is 47.8 Å². The quantitative estimate of drug-likeness (QED) is 0.462. The molecule has 3 aromatic rings. The van der Waals surface area contributed by atoms with Gasteiger partial charge in [-0.3, -0.25) is 4.90 Å². The Bertz CT molecular complexity index is 1230. The van der Waals surface area contributed by atoms with Crippen LogP contribution >= 0.6 is 0 Å². The highest BCUT2D eigenvalue weighted by Gasteiger charge is 2.28. The van der Waals surface area contributed by atoms with Gasteiger partial charge in [-0.05, 0) is 54.3 Å². The number of fused-ring (bicyclic) bond motifs is 2. The summed E-state index contributed by atoms with van der Waals surface area (Å²) in [6.45, 7) is 9.15. The van der Waals surface area contributed by atoms with E-state index in [1.165, 1.54) is 0 Å². The van der Waals surface area contributed by atoms with Gasteiger partial charge in [0.2, 0.25) is 0 Å². The van der Waals surface area contributed by atoms with Crippen LogP contribution in [0.1, 0.15) is 54.4 Å². The van der Waals surface area contributed by atoms with Crippen molar-refractivity contribution in [1.29, 1.82) is 0 Å². The number of carbonyl (C=O) groups is 1. The van der Waals surface area contributed by atoms with Crippen molar-refractivity contribution in [2.45, 2.75) is 33.7 Å². The lowest BCUT2D eigenvalue weighted by Crippen LogP contribution is -2.31. The van der Waals surface area contributed by atoms with Crippen molar-refractivity contribution >= 4 is 28.5 Å². The number of hydrogen-bond acceptors (Lipinski definition) is 5. The van der Waals surface area contributed by atoms with Gasteiger partial charge < -0.3 is 14.6 Å². The summed E-state index contributed by atoms with van der Waals surface area (Å²) in [5, 5.41) is 10.8. The molecule has 1 aliphatic rings. The number of aromatic carboxylic acids is 1. The Balaban J connectivity index is 1.78. The van der Waals surface area contributed by atoms with Crippen LogP contribution < -0.4 is 9.47 Å². The molecule has 1 aromatic heterocycles. The topological polar surface area (TPSA) is 71.9 Å². The number of carboxylic acids is 1. The van der Waals surface area contributed by atoms with E-state index in [9.17, 15) is 9.90 Å². The second kappa shape index (κ2) is 10.3. The molecule has 6 nitrogen and oxygen atoms in total. The fraction of sp³-hybridized carbons (Fsp3) is 0.357. The van der Waals surface area contributed by atoms with Crippen LogP contribution in [0.5, 0.6) is 11.5 Å². The second-order valence-corrected chi connectivity index (χ2v) is 9.05. The highest BCUT2D eigenvalue weighted by molar-refractivity contribution is 6.06. The molecule has 6 heteroatoms. The van der Waals surface area contributed by atoms with Gasteiger partial charge in [-0.1, -0.05) is 45.0 Å². The highest BCUT2D eigenvalue weighted by atomic mass is 16.5. The molecule has 0 fully saturated rings. The van der Waals surface area contributed by atoms with Gasteiger partial charge in [-0.2, -0.15) is 0 Å². The zero-order valence-corrected chi connectivity index (χ0v) is 20.3. The minimum atomic E-state index is -0.920. The van der Waals surface area contributed by atoms with Gasteiger partial charge in [0, 0.05) is 24.0 Å². The van der Waals surface area contributed by atoms with E-state index in [0.717, 1.165) is 41.1 Å². The molecule has 0 amide bonds. The lowest BCUT2D eigenvalue weighted by Gasteiger charge is -2.30. The van der Waals surface area contributed by atoms with Crippen molar-refractivity contribution < 1.29 is 19.4 Å². The number of methoxy groups -OCH3 is 1. The first kappa shape index (κ1) is 23.8. The molecule has 2 aromatic carbocycles. The van der Waals surface area contributed by atoms with Gasteiger partial charge in [0.25, 0.3) is 0 Å². The summed E-state index contributed by atoms with van der Waals surface area (Å²) in [6, 6.07) is 13.4. The van der Waals surface area contributed by atoms with Gasteiger partial charge in [0.05, 0.1) is 30.5 Å². The van der Waals surface area contributed by atoms with Crippen LogP contribution in [0.2, 0.25) is 0 Å². The average Bonchev–Trinajstić information content (AvgIpc) is 2.82. The molecule has 0 saturated carbocycles. The summed E-state index contributed by atoms with van der Waals surface area (Å²) < 4.78 is 11.5. The summed E-state index contributed by atoms with van der Waals surface area (Å²) in [6.07, 6.45) is 3.05. The standard InChI is InChI=1S/C28H32N2O4/c1-5-30-16-20(14-19-10-11-24(25(15-19)33-4)34-13-12-18(2)3)27-22(17-30)26(28(31)32)21-8-6-7-9-23(21)29-27/h6-11,14-15,18H,5,12-13,16-17H2,1-4H3,(H,31,32)/b20-14-. The summed E-state index contributed by atoms with van der Waals surface area (Å²) in [7, 11) is 1.64. The van der Waals surface area contributed by atoms with Gasteiger partial charge in [-0.15, -0.1) is 0 Å². The van der Waals surface area contributed by atoms with Gasteiger partial charge >= 0.3 is 5.97 Å². The molecule has 4 rings (SSSR count). The van der Waals surface area contributed by atoms with E-state index in [4.69, 9.17) is 14.5 Å². The molecule has 0 aliphatic carbocycles. The van der Waals surface area contributed by atoms with E-state index >= 15 is 0 Å². The fourth-order valence-corrected chi connectivity index (χ4v) is 4.35. The first-order valence-electron chi connectivity index (χ1n) is 11.8. The van der Waals surface area contributed by atoms with Crippen LogP contribution in [-0.2, 0) is 6.54 Å². The zero-order chi connectivity index (χ0) is 24.2. The van der Waals surface area contributed by atoms with E-state index in [2.05, 4.69) is 31.7 Å². The number of benzene rings is 2. The van der Waals surface area contributed by atoms with Crippen LogP contribution in [0.4, 0.5) is 0 Å². The predicted octanol–water partition coefficient (Wildman–Crippen LogP) is 5.74. The molecule has 178 valence electrons.